The number of ether oxygens (including phenoxy) is 1. The van der Waals surface area contributed by atoms with E-state index in [4.69, 9.17) is 4.74 Å². The summed E-state index contributed by atoms with van der Waals surface area (Å²) in [5.41, 5.74) is 7.26. The third-order valence-corrected chi connectivity index (χ3v) is 8.09. The topological polar surface area (TPSA) is 92.2 Å². The quantitative estimate of drug-likeness (QED) is 0.322. The summed E-state index contributed by atoms with van der Waals surface area (Å²) in [6.07, 6.45) is 0. The molecule has 41 heavy (non-hydrogen) atoms. The highest BCUT2D eigenvalue weighted by molar-refractivity contribution is 5.82. The summed E-state index contributed by atoms with van der Waals surface area (Å²) in [6.45, 7) is 9.99. The zero-order valence-electron chi connectivity index (χ0n) is 24.0. The molecule has 3 heterocycles. The van der Waals surface area contributed by atoms with Crippen LogP contribution in [0.4, 0.5) is 5.69 Å². The van der Waals surface area contributed by atoms with Gasteiger partial charge in [0.15, 0.2) is 5.82 Å². The fourth-order valence-electron chi connectivity index (χ4n) is 5.81. The van der Waals surface area contributed by atoms with Crippen LogP contribution in [-0.2, 0) is 6.54 Å². The molecule has 1 fully saturated rings. The zero-order chi connectivity index (χ0) is 28.5. The number of aryl methyl sites for hydroxylation is 3. The second kappa shape index (κ2) is 11.2. The molecule has 1 aliphatic heterocycles. The number of tetrazole rings is 1. The van der Waals surface area contributed by atoms with Gasteiger partial charge >= 0.3 is 0 Å². The minimum atomic E-state index is -0.405. The lowest BCUT2D eigenvalue weighted by molar-refractivity contribution is 0.200. The van der Waals surface area contributed by atoms with Gasteiger partial charge in [0, 0.05) is 37.4 Å². The number of nitrogens with zero attached hydrogens (tertiary/aromatic N) is 6. The molecule has 0 bridgehead atoms. The Kier molecular flexibility index (Phi) is 7.28. The summed E-state index contributed by atoms with van der Waals surface area (Å²) >= 11 is 0. The van der Waals surface area contributed by atoms with E-state index in [0.717, 1.165) is 54.0 Å². The molecule has 1 unspecified atom stereocenters. The predicted octanol–water partition coefficient (Wildman–Crippen LogP) is 4.41. The van der Waals surface area contributed by atoms with E-state index in [0.29, 0.717) is 17.9 Å². The van der Waals surface area contributed by atoms with E-state index in [-0.39, 0.29) is 5.56 Å². The van der Waals surface area contributed by atoms with Crippen LogP contribution in [0.25, 0.3) is 10.9 Å². The van der Waals surface area contributed by atoms with E-state index in [1.165, 1.54) is 16.8 Å². The van der Waals surface area contributed by atoms with Crippen LogP contribution in [0, 0.1) is 20.8 Å². The zero-order valence-corrected chi connectivity index (χ0v) is 24.0. The highest BCUT2D eigenvalue weighted by atomic mass is 16.5. The highest BCUT2D eigenvalue weighted by Gasteiger charge is 2.33. The summed E-state index contributed by atoms with van der Waals surface area (Å²) in [7, 11) is 1.65. The molecule has 0 radical (unpaired) electrons. The van der Waals surface area contributed by atoms with Crippen LogP contribution in [-0.4, -0.2) is 63.4 Å². The van der Waals surface area contributed by atoms with Crippen molar-refractivity contribution in [3.63, 3.8) is 0 Å². The Balaban J connectivity index is 1.38. The Morgan fingerprint density at radius 1 is 0.927 bits per heavy atom. The van der Waals surface area contributed by atoms with E-state index in [1.54, 1.807) is 7.11 Å². The Bertz CT molecular complexity index is 1730. The smallest absolute Gasteiger partial charge is 0.253 e. The van der Waals surface area contributed by atoms with Gasteiger partial charge in [-0.2, -0.15) is 0 Å². The number of aromatic nitrogens is 5. The molecule has 210 valence electrons. The van der Waals surface area contributed by atoms with Gasteiger partial charge in [0.2, 0.25) is 0 Å². The Morgan fingerprint density at radius 3 is 2.46 bits per heavy atom. The largest absolute Gasteiger partial charge is 0.497 e. The number of methoxy groups -OCH3 is 1. The van der Waals surface area contributed by atoms with Crippen LogP contribution in [0.5, 0.6) is 5.75 Å². The maximum atomic E-state index is 13.7. The molecule has 0 spiro atoms. The van der Waals surface area contributed by atoms with E-state index >= 15 is 0 Å². The number of benzene rings is 3. The number of aromatic amines is 1. The lowest BCUT2D eigenvalue weighted by Crippen LogP contribution is -2.49. The standard InChI is InChI=1S/C32H35N7O2/c1-21-8-9-22(2)28(18-21)37-14-16-38(17-15-37)30(27-19-25-7-5-6-23(3)29(25)33-32(27)40)31-34-35-36-39(31)20-24-10-12-26(41-4)13-11-24/h5-13,18-19,30H,14-17,20H2,1-4H3,(H,33,40). The predicted molar refractivity (Wildman–Crippen MR) is 161 cm³/mol. The maximum Gasteiger partial charge on any atom is 0.253 e. The summed E-state index contributed by atoms with van der Waals surface area (Å²) in [6, 6.07) is 22.1. The third kappa shape index (κ3) is 5.32. The minimum absolute atomic E-state index is 0.118. The fraction of sp³-hybridized carbons (Fsp3) is 0.312. The van der Waals surface area contributed by atoms with Gasteiger partial charge in [0.25, 0.3) is 5.56 Å². The van der Waals surface area contributed by atoms with Crippen molar-refractivity contribution in [2.45, 2.75) is 33.4 Å². The van der Waals surface area contributed by atoms with Crippen LogP contribution in [0.3, 0.4) is 0 Å². The van der Waals surface area contributed by atoms with Crippen LogP contribution >= 0.6 is 0 Å². The second-order valence-corrected chi connectivity index (χ2v) is 10.9. The molecule has 1 aliphatic rings. The summed E-state index contributed by atoms with van der Waals surface area (Å²) < 4.78 is 7.13. The molecule has 5 aromatic rings. The first-order valence-corrected chi connectivity index (χ1v) is 14.0. The number of fused-ring (bicyclic) bond motifs is 1. The van der Waals surface area contributed by atoms with Crippen molar-refractivity contribution in [3.05, 3.63) is 111 Å². The first-order valence-electron chi connectivity index (χ1n) is 14.0. The van der Waals surface area contributed by atoms with Crippen LogP contribution in [0.1, 0.15) is 39.7 Å². The van der Waals surface area contributed by atoms with Gasteiger partial charge in [-0.1, -0.05) is 42.5 Å². The average molecular weight is 550 g/mol. The lowest BCUT2D eigenvalue weighted by Gasteiger charge is -2.40. The van der Waals surface area contributed by atoms with Gasteiger partial charge in [-0.05, 0) is 83.1 Å². The molecule has 9 heteroatoms. The van der Waals surface area contributed by atoms with Crippen LogP contribution in [0.15, 0.2) is 71.5 Å². The molecule has 0 amide bonds. The van der Waals surface area contributed by atoms with Crippen molar-refractivity contribution in [1.29, 1.82) is 0 Å². The SMILES string of the molecule is COc1ccc(Cn2nnnc2C(c2cc3cccc(C)c3[nH]c2=O)N2CCN(c3cc(C)ccc3C)CC2)cc1. The Hall–Kier alpha value is -4.50. The molecule has 1 atom stereocenters. The first kappa shape index (κ1) is 26.7. The molecule has 9 nitrogen and oxygen atoms in total. The Labute approximate surface area is 239 Å². The number of rotatable bonds is 7. The van der Waals surface area contributed by atoms with Crippen molar-refractivity contribution < 1.29 is 4.74 Å². The summed E-state index contributed by atoms with van der Waals surface area (Å²) in [5, 5.41) is 13.9. The number of hydrogen-bond donors (Lipinski definition) is 1. The van der Waals surface area contributed by atoms with Gasteiger partial charge in [0.1, 0.15) is 11.8 Å². The van der Waals surface area contributed by atoms with Crippen molar-refractivity contribution >= 4 is 16.6 Å². The van der Waals surface area contributed by atoms with Crippen LogP contribution in [0.2, 0.25) is 0 Å². The van der Waals surface area contributed by atoms with Gasteiger partial charge in [-0.3, -0.25) is 9.69 Å². The van der Waals surface area contributed by atoms with Crippen molar-refractivity contribution in [1.82, 2.24) is 30.1 Å². The van der Waals surface area contributed by atoms with Gasteiger partial charge < -0.3 is 14.6 Å². The maximum absolute atomic E-state index is 13.7. The summed E-state index contributed by atoms with van der Waals surface area (Å²) in [5.74, 6) is 1.45. The van der Waals surface area contributed by atoms with Crippen molar-refractivity contribution in [3.8, 4) is 5.75 Å². The van der Waals surface area contributed by atoms with E-state index in [1.807, 2.05) is 60.1 Å². The van der Waals surface area contributed by atoms with E-state index in [2.05, 4.69) is 62.4 Å². The second-order valence-electron chi connectivity index (χ2n) is 10.9. The number of H-pyrrole nitrogens is 1. The fourth-order valence-corrected chi connectivity index (χ4v) is 5.81. The molecule has 2 aromatic heterocycles. The monoisotopic (exact) mass is 549 g/mol. The number of piperazine rings is 1. The third-order valence-electron chi connectivity index (χ3n) is 8.09. The molecule has 1 N–H and O–H groups in total. The normalized spacial score (nSPS) is 14.9. The lowest BCUT2D eigenvalue weighted by atomic mass is 10.0. The van der Waals surface area contributed by atoms with Crippen molar-refractivity contribution in [2.75, 3.05) is 38.2 Å². The van der Waals surface area contributed by atoms with Gasteiger partial charge in [-0.15, -0.1) is 5.10 Å². The number of pyridine rings is 1. The molecular formula is C32H35N7O2. The molecule has 1 saturated heterocycles. The number of para-hydroxylation sites is 1. The number of nitrogens with one attached hydrogen (secondary N) is 1. The van der Waals surface area contributed by atoms with Gasteiger partial charge in [0.05, 0.1) is 19.2 Å². The minimum Gasteiger partial charge on any atom is -0.497 e. The molecule has 3 aromatic carbocycles. The highest BCUT2D eigenvalue weighted by Crippen LogP contribution is 2.30. The average Bonchev–Trinajstić information content (AvgIpc) is 3.43. The number of anilines is 1. The van der Waals surface area contributed by atoms with Crippen LogP contribution < -0.4 is 15.2 Å². The summed E-state index contributed by atoms with van der Waals surface area (Å²) in [4.78, 5) is 21.6. The van der Waals surface area contributed by atoms with Crippen molar-refractivity contribution in [2.24, 2.45) is 0 Å². The molecule has 0 aliphatic carbocycles. The van der Waals surface area contributed by atoms with Gasteiger partial charge in [-0.25, -0.2) is 4.68 Å². The molecule has 0 saturated carbocycles. The molecular weight excluding hydrogens is 514 g/mol. The molecule has 6 rings (SSSR count). The van der Waals surface area contributed by atoms with E-state index < -0.39 is 6.04 Å². The number of hydrogen-bond acceptors (Lipinski definition) is 7. The first-order chi connectivity index (χ1) is 19.9. The van der Waals surface area contributed by atoms with E-state index in [9.17, 15) is 4.79 Å². The Morgan fingerprint density at radius 2 is 1.71 bits per heavy atom.